The summed E-state index contributed by atoms with van der Waals surface area (Å²) >= 11 is 13.3. The summed E-state index contributed by atoms with van der Waals surface area (Å²) in [7, 11) is 0. The number of hydrogen-bond donors (Lipinski definition) is 1. The molecule has 1 N–H and O–H groups in total. The van der Waals surface area contributed by atoms with E-state index >= 15 is 0 Å². The maximum atomic E-state index is 12.3. The summed E-state index contributed by atoms with van der Waals surface area (Å²) in [6.07, 6.45) is 1.39. The number of thiophene rings is 1. The maximum absolute atomic E-state index is 12.3. The number of fused-ring (bicyclic) bond motifs is 1. The van der Waals surface area contributed by atoms with E-state index in [1.54, 1.807) is 29.6 Å². The second kappa shape index (κ2) is 6.93. The van der Waals surface area contributed by atoms with Crippen molar-refractivity contribution < 1.29 is 4.79 Å². The van der Waals surface area contributed by atoms with Crippen LogP contribution in [0.3, 0.4) is 0 Å². The molecule has 124 valence electrons. The molecule has 0 aliphatic carbocycles. The zero-order chi connectivity index (χ0) is 17.3. The van der Waals surface area contributed by atoms with Crippen molar-refractivity contribution in [2.75, 3.05) is 0 Å². The third-order valence-electron chi connectivity index (χ3n) is 3.59. The van der Waals surface area contributed by atoms with E-state index in [0.29, 0.717) is 20.3 Å². The van der Waals surface area contributed by atoms with Crippen LogP contribution in [0.4, 0.5) is 0 Å². The molecule has 3 rings (SSSR count). The van der Waals surface area contributed by atoms with Gasteiger partial charge in [-0.25, -0.2) is 4.98 Å². The molecule has 0 aliphatic heterocycles. The fourth-order valence-corrected chi connectivity index (χ4v) is 3.34. The van der Waals surface area contributed by atoms with Crippen molar-refractivity contribution in [1.29, 1.82) is 0 Å². The summed E-state index contributed by atoms with van der Waals surface area (Å²) in [6, 6.07) is 6.63. The largest absolute Gasteiger partial charge is 0.348 e. The van der Waals surface area contributed by atoms with Gasteiger partial charge in [-0.2, -0.15) is 0 Å². The van der Waals surface area contributed by atoms with Crippen LogP contribution in [0.1, 0.15) is 18.5 Å². The highest BCUT2D eigenvalue weighted by Crippen LogP contribution is 2.25. The molecule has 8 heteroatoms. The minimum atomic E-state index is -0.285. The molecule has 1 atom stereocenters. The minimum Gasteiger partial charge on any atom is -0.348 e. The number of amides is 1. The van der Waals surface area contributed by atoms with Crippen molar-refractivity contribution in [3.63, 3.8) is 0 Å². The molecule has 0 spiro atoms. The van der Waals surface area contributed by atoms with Crippen LogP contribution in [0.25, 0.3) is 10.2 Å². The highest BCUT2D eigenvalue weighted by Gasteiger charge is 2.13. The second-order valence-corrected chi connectivity index (χ2v) is 6.99. The molecule has 0 bridgehead atoms. The Labute approximate surface area is 151 Å². The maximum Gasteiger partial charge on any atom is 0.262 e. The molecule has 5 nitrogen and oxygen atoms in total. The van der Waals surface area contributed by atoms with E-state index in [9.17, 15) is 9.59 Å². The second-order valence-electron chi connectivity index (χ2n) is 5.28. The van der Waals surface area contributed by atoms with Gasteiger partial charge >= 0.3 is 0 Å². The standard InChI is InChI=1S/C16H13Cl2N3O2S/c1-9(10-2-3-12(17)13(18)6-10)20-14(22)7-21-8-19-15-11(16(21)23)4-5-24-15/h2-6,8-9H,7H2,1H3,(H,20,22). The molecule has 1 aromatic carbocycles. The number of rotatable bonds is 4. The van der Waals surface area contributed by atoms with Gasteiger partial charge in [0.15, 0.2) is 0 Å². The summed E-state index contributed by atoms with van der Waals surface area (Å²) in [4.78, 5) is 29.4. The fraction of sp³-hybridized carbons (Fsp3) is 0.188. The van der Waals surface area contributed by atoms with Crippen LogP contribution in [-0.4, -0.2) is 15.5 Å². The summed E-state index contributed by atoms with van der Waals surface area (Å²) < 4.78 is 1.30. The quantitative estimate of drug-likeness (QED) is 0.749. The Morgan fingerprint density at radius 3 is 2.88 bits per heavy atom. The lowest BCUT2D eigenvalue weighted by Gasteiger charge is -2.15. The molecule has 0 saturated carbocycles. The molecule has 2 heterocycles. The number of carbonyl (C=O) groups excluding carboxylic acids is 1. The van der Waals surface area contributed by atoms with Crippen molar-refractivity contribution in [3.8, 4) is 0 Å². The number of nitrogens with zero attached hydrogens (tertiary/aromatic N) is 2. The van der Waals surface area contributed by atoms with Gasteiger partial charge in [0.25, 0.3) is 5.56 Å². The Balaban J connectivity index is 1.73. The van der Waals surface area contributed by atoms with E-state index in [0.717, 1.165) is 5.56 Å². The van der Waals surface area contributed by atoms with Crippen molar-refractivity contribution in [3.05, 3.63) is 61.9 Å². The van der Waals surface area contributed by atoms with E-state index in [4.69, 9.17) is 23.2 Å². The average molecular weight is 382 g/mol. The fourth-order valence-electron chi connectivity index (χ4n) is 2.31. The molecular weight excluding hydrogens is 369 g/mol. The molecule has 1 amide bonds. The topological polar surface area (TPSA) is 64.0 Å². The average Bonchev–Trinajstić information content (AvgIpc) is 3.02. The van der Waals surface area contributed by atoms with E-state index in [1.165, 1.54) is 22.2 Å². The van der Waals surface area contributed by atoms with Crippen LogP contribution >= 0.6 is 34.5 Å². The van der Waals surface area contributed by atoms with Crippen molar-refractivity contribution in [2.24, 2.45) is 0 Å². The normalized spacial score (nSPS) is 12.3. The Bertz CT molecular complexity index is 967. The Kier molecular flexibility index (Phi) is 4.89. The van der Waals surface area contributed by atoms with Crippen LogP contribution in [-0.2, 0) is 11.3 Å². The van der Waals surface area contributed by atoms with Gasteiger partial charge in [0.1, 0.15) is 11.4 Å². The van der Waals surface area contributed by atoms with E-state index in [1.807, 2.05) is 6.92 Å². The molecule has 3 aromatic rings. The van der Waals surface area contributed by atoms with E-state index in [2.05, 4.69) is 10.3 Å². The van der Waals surface area contributed by atoms with Gasteiger partial charge in [-0.15, -0.1) is 11.3 Å². The Hall–Kier alpha value is -1.89. The molecular formula is C16H13Cl2N3O2S. The van der Waals surface area contributed by atoms with Crippen LogP contribution < -0.4 is 10.9 Å². The third-order valence-corrected chi connectivity index (χ3v) is 5.15. The van der Waals surface area contributed by atoms with Gasteiger partial charge in [-0.1, -0.05) is 29.3 Å². The van der Waals surface area contributed by atoms with Crippen LogP contribution in [0.2, 0.25) is 10.0 Å². The van der Waals surface area contributed by atoms with Gasteiger partial charge in [-0.05, 0) is 36.1 Å². The molecule has 0 fully saturated rings. The predicted octanol–water partition coefficient (Wildman–Crippen LogP) is 3.64. The number of nitrogens with one attached hydrogen (secondary N) is 1. The minimum absolute atomic E-state index is 0.0940. The van der Waals surface area contributed by atoms with Crippen molar-refractivity contribution in [1.82, 2.24) is 14.9 Å². The van der Waals surface area contributed by atoms with E-state index in [-0.39, 0.29) is 24.1 Å². The lowest BCUT2D eigenvalue weighted by Crippen LogP contribution is -2.33. The highest BCUT2D eigenvalue weighted by molar-refractivity contribution is 7.16. The summed E-state index contributed by atoms with van der Waals surface area (Å²) in [5, 5.41) is 6.05. The molecule has 0 saturated heterocycles. The molecule has 0 radical (unpaired) electrons. The van der Waals surface area contributed by atoms with Crippen LogP contribution in [0, 0.1) is 0 Å². The van der Waals surface area contributed by atoms with Gasteiger partial charge in [-0.3, -0.25) is 14.2 Å². The summed E-state index contributed by atoms with van der Waals surface area (Å²) in [6.45, 7) is 1.74. The molecule has 2 aromatic heterocycles. The van der Waals surface area contributed by atoms with Gasteiger partial charge in [0.05, 0.1) is 27.8 Å². The lowest BCUT2D eigenvalue weighted by molar-refractivity contribution is -0.122. The SMILES string of the molecule is CC(NC(=O)Cn1cnc2sccc2c1=O)c1ccc(Cl)c(Cl)c1. The molecule has 24 heavy (non-hydrogen) atoms. The summed E-state index contributed by atoms with van der Waals surface area (Å²) in [5.41, 5.74) is 0.607. The molecule has 1 unspecified atom stereocenters. The van der Waals surface area contributed by atoms with Crippen LogP contribution in [0.5, 0.6) is 0 Å². The monoisotopic (exact) mass is 381 g/mol. The van der Waals surface area contributed by atoms with E-state index < -0.39 is 0 Å². The van der Waals surface area contributed by atoms with Gasteiger partial charge in [0.2, 0.25) is 5.91 Å². The smallest absolute Gasteiger partial charge is 0.262 e. The van der Waals surface area contributed by atoms with Crippen molar-refractivity contribution in [2.45, 2.75) is 19.5 Å². The first kappa shape index (κ1) is 17.0. The zero-order valence-electron chi connectivity index (χ0n) is 12.6. The molecule has 0 aliphatic rings. The first-order chi connectivity index (χ1) is 11.5. The van der Waals surface area contributed by atoms with Crippen molar-refractivity contribution >= 4 is 50.7 Å². The first-order valence-electron chi connectivity index (χ1n) is 7.12. The van der Waals surface area contributed by atoms with Crippen LogP contribution in [0.15, 0.2) is 40.8 Å². The number of aromatic nitrogens is 2. The number of benzene rings is 1. The lowest BCUT2D eigenvalue weighted by atomic mass is 10.1. The van der Waals surface area contributed by atoms with Gasteiger partial charge < -0.3 is 5.32 Å². The zero-order valence-corrected chi connectivity index (χ0v) is 15.0. The third kappa shape index (κ3) is 3.45. The number of hydrogen-bond acceptors (Lipinski definition) is 4. The Morgan fingerprint density at radius 1 is 1.33 bits per heavy atom. The summed E-state index contributed by atoms with van der Waals surface area (Å²) in [5.74, 6) is -0.285. The Morgan fingerprint density at radius 2 is 2.12 bits per heavy atom. The van der Waals surface area contributed by atoms with Gasteiger partial charge in [0, 0.05) is 0 Å². The first-order valence-corrected chi connectivity index (χ1v) is 8.76. The highest BCUT2D eigenvalue weighted by atomic mass is 35.5. The predicted molar refractivity (Wildman–Crippen MR) is 96.9 cm³/mol. The number of carbonyl (C=O) groups is 1. The number of halogens is 2.